The highest BCUT2D eigenvalue weighted by atomic mass is 35.5. The summed E-state index contributed by atoms with van der Waals surface area (Å²) in [5.74, 6) is -0.915. The fraction of sp³-hybridized carbons (Fsp3) is 0.167. The maximum Gasteiger partial charge on any atom is 0.534 e. The van der Waals surface area contributed by atoms with Crippen LogP contribution in [0.5, 0.6) is 11.5 Å². The van der Waals surface area contributed by atoms with E-state index in [1.165, 1.54) is 12.1 Å². The zero-order valence-corrected chi connectivity index (χ0v) is 12.0. The zero-order valence-electron chi connectivity index (χ0n) is 10.4. The minimum atomic E-state index is -5.84. The monoisotopic (exact) mass is 340 g/mol. The van der Waals surface area contributed by atoms with E-state index >= 15 is 0 Å². The van der Waals surface area contributed by atoms with Crippen molar-refractivity contribution in [3.8, 4) is 11.5 Å². The van der Waals surface area contributed by atoms with Crippen molar-refractivity contribution in [3.05, 3.63) is 35.4 Å². The van der Waals surface area contributed by atoms with Crippen LogP contribution in [0.1, 0.15) is 0 Å². The van der Waals surface area contributed by atoms with E-state index in [2.05, 4.69) is 4.18 Å². The molecule has 9 heteroatoms. The summed E-state index contributed by atoms with van der Waals surface area (Å²) in [5, 5.41) is 0.626. The molecule has 21 heavy (non-hydrogen) atoms. The lowest BCUT2D eigenvalue weighted by Gasteiger charge is -2.15. The summed E-state index contributed by atoms with van der Waals surface area (Å²) in [7, 11) is -4.68. The van der Waals surface area contributed by atoms with Gasteiger partial charge in [-0.05, 0) is 11.5 Å². The summed E-state index contributed by atoms with van der Waals surface area (Å²) in [6.45, 7) is 0. The maximum atomic E-state index is 12.4. The van der Waals surface area contributed by atoms with Gasteiger partial charge in [-0.15, -0.1) is 0 Å². The molecule has 0 atom stereocenters. The molecule has 114 valence electrons. The first-order chi connectivity index (χ1) is 9.67. The molecule has 0 heterocycles. The van der Waals surface area contributed by atoms with Crippen molar-refractivity contribution in [1.82, 2.24) is 0 Å². The Kier molecular flexibility index (Phi) is 3.94. The second-order valence-electron chi connectivity index (χ2n) is 3.93. The second-order valence-corrected chi connectivity index (χ2v) is 5.84. The molecule has 0 saturated carbocycles. The molecule has 2 aromatic rings. The third-order valence-corrected chi connectivity index (χ3v) is 3.93. The van der Waals surface area contributed by atoms with Crippen LogP contribution in [0.15, 0.2) is 30.3 Å². The molecule has 0 unspecified atom stereocenters. The number of alkyl halides is 3. The molecular weight excluding hydrogens is 333 g/mol. The minimum Gasteiger partial charge on any atom is -0.493 e. The number of hydrogen-bond donors (Lipinski definition) is 0. The lowest BCUT2D eigenvalue weighted by Crippen LogP contribution is -2.28. The molecular formula is C12H8ClF3O4S. The molecule has 0 aliphatic carbocycles. The van der Waals surface area contributed by atoms with Crippen molar-refractivity contribution < 1.29 is 30.5 Å². The molecule has 0 fully saturated rings. The molecule has 0 spiro atoms. The van der Waals surface area contributed by atoms with E-state index in [-0.39, 0.29) is 10.8 Å². The first-order valence-corrected chi connectivity index (χ1v) is 7.22. The van der Waals surface area contributed by atoms with Crippen molar-refractivity contribution in [2.45, 2.75) is 5.51 Å². The Morgan fingerprint density at radius 1 is 1.19 bits per heavy atom. The van der Waals surface area contributed by atoms with Crippen LogP contribution in [-0.2, 0) is 10.1 Å². The van der Waals surface area contributed by atoms with E-state index in [0.717, 1.165) is 7.11 Å². The normalized spacial score (nSPS) is 12.4. The quantitative estimate of drug-likeness (QED) is 0.631. The van der Waals surface area contributed by atoms with Crippen LogP contribution in [-0.4, -0.2) is 21.0 Å². The first-order valence-electron chi connectivity index (χ1n) is 5.43. The van der Waals surface area contributed by atoms with Crippen molar-refractivity contribution >= 4 is 32.5 Å². The summed E-state index contributed by atoms with van der Waals surface area (Å²) < 4.78 is 68.4. The van der Waals surface area contributed by atoms with Crippen LogP contribution in [0.2, 0.25) is 5.02 Å². The highest BCUT2D eigenvalue weighted by Crippen LogP contribution is 2.43. The van der Waals surface area contributed by atoms with Gasteiger partial charge < -0.3 is 8.92 Å². The van der Waals surface area contributed by atoms with E-state index in [0.29, 0.717) is 10.8 Å². The molecule has 0 N–H and O–H groups in total. The Labute approximate surface area is 123 Å². The number of fused-ring (bicyclic) bond motifs is 1. The fourth-order valence-corrected chi connectivity index (χ4v) is 2.48. The summed E-state index contributed by atoms with van der Waals surface area (Å²) >= 11 is 5.94. The number of halogens is 4. The number of rotatable bonds is 3. The molecule has 2 rings (SSSR count). The topological polar surface area (TPSA) is 52.6 Å². The predicted molar refractivity (Wildman–Crippen MR) is 71.1 cm³/mol. The van der Waals surface area contributed by atoms with Gasteiger partial charge in [0, 0.05) is 5.39 Å². The van der Waals surface area contributed by atoms with E-state index < -0.39 is 21.4 Å². The predicted octanol–water partition coefficient (Wildman–Crippen LogP) is 3.73. The van der Waals surface area contributed by atoms with Crippen molar-refractivity contribution in [2.75, 3.05) is 7.11 Å². The van der Waals surface area contributed by atoms with Crippen LogP contribution < -0.4 is 8.92 Å². The number of hydrogen-bond acceptors (Lipinski definition) is 4. The molecule has 0 aromatic heterocycles. The third-order valence-electron chi connectivity index (χ3n) is 2.60. The van der Waals surface area contributed by atoms with Crippen molar-refractivity contribution in [3.63, 3.8) is 0 Å². The van der Waals surface area contributed by atoms with Gasteiger partial charge in [0.1, 0.15) is 0 Å². The van der Waals surface area contributed by atoms with Crippen LogP contribution in [0.3, 0.4) is 0 Å². The molecule has 0 bridgehead atoms. The number of ether oxygens (including phenoxy) is 1. The zero-order chi connectivity index (χ0) is 15.8. The largest absolute Gasteiger partial charge is 0.534 e. The van der Waals surface area contributed by atoms with Crippen LogP contribution in [0.25, 0.3) is 10.8 Å². The van der Waals surface area contributed by atoms with Gasteiger partial charge in [-0.1, -0.05) is 35.9 Å². The second kappa shape index (κ2) is 5.27. The fourth-order valence-electron chi connectivity index (χ4n) is 1.65. The van der Waals surface area contributed by atoms with E-state index in [1.54, 1.807) is 18.2 Å². The molecule has 2 aromatic carbocycles. The Hall–Kier alpha value is -1.67. The summed E-state index contributed by atoms with van der Waals surface area (Å²) in [5.41, 5.74) is -5.56. The lowest BCUT2D eigenvalue weighted by atomic mass is 10.1. The third kappa shape index (κ3) is 2.86. The molecule has 0 aliphatic heterocycles. The highest BCUT2D eigenvalue weighted by Gasteiger charge is 2.49. The highest BCUT2D eigenvalue weighted by molar-refractivity contribution is 7.88. The number of methoxy groups -OCH3 is 1. The molecule has 0 saturated heterocycles. The smallest absolute Gasteiger partial charge is 0.493 e. The Morgan fingerprint density at radius 3 is 2.38 bits per heavy atom. The average molecular weight is 341 g/mol. The average Bonchev–Trinajstić information content (AvgIpc) is 2.40. The van der Waals surface area contributed by atoms with Gasteiger partial charge >= 0.3 is 15.6 Å². The van der Waals surface area contributed by atoms with Crippen LogP contribution >= 0.6 is 11.6 Å². The van der Waals surface area contributed by atoms with Gasteiger partial charge in [-0.3, -0.25) is 0 Å². The summed E-state index contributed by atoms with van der Waals surface area (Å²) in [6.07, 6.45) is 0. The van der Waals surface area contributed by atoms with Crippen molar-refractivity contribution in [1.29, 1.82) is 0 Å². The Morgan fingerprint density at radius 2 is 1.81 bits per heavy atom. The first kappa shape index (κ1) is 15.7. The van der Waals surface area contributed by atoms with Gasteiger partial charge in [0.25, 0.3) is 0 Å². The summed E-state index contributed by atoms with van der Waals surface area (Å²) in [4.78, 5) is 0. The summed E-state index contributed by atoms with van der Waals surface area (Å²) in [6, 6.07) is 7.78. The molecule has 0 aliphatic rings. The lowest BCUT2D eigenvalue weighted by molar-refractivity contribution is -0.0500. The van der Waals surface area contributed by atoms with Gasteiger partial charge in [0.2, 0.25) is 5.75 Å². The van der Waals surface area contributed by atoms with E-state index in [1.807, 2.05) is 0 Å². The molecule has 0 amide bonds. The van der Waals surface area contributed by atoms with Gasteiger partial charge in [-0.25, -0.2) is 0 Å². The van der Waals surface area contributed by atoms with Crippen molar-refractivity contribution in [2.24, 2.45) is 0 Å². The SMILES string of the molecule is COc1cc2ccccc2c(Cl)c1OS(=O)(=O)C(F)(F)F. The molecule has 0 radical (unpaired) electrons. The Bertz CT molecular complexity index is 787. The van der Waals surface area contributed by atoms with E-state index in [9.17, 15) is 21.6 Å². The molecule has 4 nitrogen and oxygen atoms in total. The number of benzene rings is 2. The van der Waals surface area contributed by atoms with Gasteiger partial charge in [-0.2, -0.15) is 21.6 Å². The Balaban J connectivity index is 2.66. The van der Waals surface area contributed by atoms with Gasteiger partial charge in [0.15, 0.2) is 5.75 Å². The maximum absolute atomic E-state index is 12.4. The van der Waals surface area contributed by atoms with Crippen LogP contribution in [0, 0.1) is 0 Å². The van der Waals surface area contributed by atoms with E-state index in [4.69, 9.17) is 16.3 Å². The standard InChI is InChI=1S/C12H8ClF3O4S/c1-19-9-6-7-4-2-3-5-8(7)10(13)11(9)20-21(17,18)12(14,15)16/h2-6H,1H3. The van der Waals surface area contributed by atoms with Crippen LogP contribution in [0.4, 0.5) is 13.2 Å². The minimum absolute atomic E-state index is 0.216. The van der Waals surface area contributed by atoms with Gasteiger partial charge in [0.05, 0.1) is 12.1 Å².